The highest BCUT2D eigenvalue weighted by Gasteiger charge is 2.38. The molecule has 1 heterocycles. The molecule has 1 aliphatic carbocycles. The normalized spacial score (nSPS) is 12.9. The number of benzene rings is 9. The summed E-state index contributed by atoms with van der Waals surface area (Å²) in [6.07, 6.45) is 0. The van der Waals surface area contributed by atoms with Crippen LogP contribution in [0.1, 0.15) is 25.0 Å². The summed E-state index contributed by atoms with van der Waals surface area (Å²) in [5.74, 6) is 0.704. The highest BCUT2D eigenvalue weighted by Crippen LogP contribution is 2.55. The van der Waals surface area contributed by atoms with Crippen LogP contribution in [-0.4, -0.2) is 9.97 Å². The van der Waals surface area contributed by atoms with Crippen LogP contribution in [0.25, 0.3) is 99.6 Å². The second-order valence-electron chi connectivity index (χ2n) is 15.7. The van der Waals surface area contributed by atoms with Crippen molar-refractivity contribution in [2.45, 2.75) is 19.3 Å². The Labute approximate surface area is 332 Å². The van der Waals surface area contributed by atoms with Crippen molar-refractivity contribution in [3.63, 3.8) is 0 Å². The summed E-state index contributed by atoms with van der Waals surface area (Å²) in [4.78, 5) is 10.6. The summed E-state index contributed by atoms with van der Waals surface area (Å²) in [5.41, 5.74) is 15.1. The Morgan fingerprint density at radius 2 is 0.930 bits per heavy atom. The third kappa shape index (κ3) is 5.40. The predicted octanol–water partition coefficient (Wildman–Crippen LogP) is 14.6. The van der Waals surface area contributed by atoms with Crippen LogP contribution in [-0.2, 0) is 5.41 Å². The molecule has 0 atom stereocenters. The first-order chi connectivity index (χ1) is 28.0. The fourth-order valence-electron chi connectivity index (χ4n) is 9.29. The molecule has 0 aliphatic heterocycles. The molecule has 0 saturated carbocycles. The molecule has 2 heteroatoms. The monoisotopic (exact) mass is 726 g/mol. The first-order valence-corrected chi connectivity index (χ1v) is 19.7. The average molecular weight is 727 g/mol. The molecule has 9 aromatic carbocycles. The third-order valence-corrected chi connectivity index (χ3v) is 12.1. The van der Waals surface area contributed by atoms with E-state index < -0.39 is 0 Å². The highest BCUT2D eigenvalue weighted by molar-refractivity contribution is 6.09. The van der Waals surface area contributed by atoms with Gasteiger partial charge in [-0.3, -0.25) is 0 Å². The first-order valence-electron chi connectivity index (χ1n) is 19.7. The largest absolute Gasteiger partial charge is 0.228 e. The Kier molecular flexibility index (Phi) is 7.55. The zero-order valence-electron chi connectivity index (χ0n) is 31.9. The average Bonchev–Trinajstić information content (AvgIpc) is 3.52. The fraction of sp³-hybridized carbons (Fsp3) is 0.0545. The molecule has 0 unspecified atom stereocenters. The van der Waals surface area contributed by atoms with Gasteiger partial charge in [0.25, 0.3) is 0 Å². The van der Waals surface area contributed by atoms with Crippen molar-refractivity contribution in [2.75, 3.05) is 0 Å². The standard InChI is InChI=1S/C55H38N2/c1-55(2)49-22-12-21-47(52(49)48-30-29-38-16-8-9-18-42(38)53(48)55)45-31-32-46(44-20-11-10-19-43(44)45)51-34-50(41-28-25-36-15-6-7-17-40(36)33-41)56-54(57-51)39-26-23-37(24-27-39)35-13-4-3-5-14-35/h3-34H,1-2H3. The third-order valence-electron chi connectivity index (χ3n) is 12.1. The van der Waals surface area contributed by atoms with Crippen molar-refractivity contribution in [3.05, 3.63) is 205 Å². The highest BCUT2D eigenvalue weighted by atomic mass is 14.9. The van der Waals surface area contributed by atoms with Gasteiger partial charge in [0.15, 0.2) is 5.82 Å². The summed E-state index contributed by atoms with van der Waals surface area (Å²) in [5, 5.41) is 7.38. The van der Waals surface area contributed by atoms with E-state index in [9.17, 15) is 0 Å². The zero-order valence-corrected chi connectivity index (χ0v) is 31.9. The van der Waals surface area contributed by atoms with Crippen molar-refractivity contribution in [1.29, 1.82) is 0 Å². The van der Waals surface area contributed by atoms with Gasteiger partial charge in [-0.25, -0.2) is 9.97 Å². The number of rotatable bonds is 5. The Balaban J connectivity index is 1.10. The molecule has 0 bridgehead atoms. The van der Waals surface area contributed by atoms with Gasteiger partial charge in [0.1, 0.15) is 0 Å². The Hall–Kier alpha value is -7.16. The molecular weight excluding hydrogens is 689 g/mol. The Bertz CT molecular complexity index is 3190. The maximum Gasteiger partial charge on any atom is 0.160 e. The van der Waals surface area contributed by atoms with E-state index >= 15 is 0 Å². The van der Waals surface area contributed by atoms with Crippen molar-refractivity contribution in [3.8, 4) is 67.3 Å². The molecule has 1 aliphatic rings. The molecule has 11 rings (SSSR count). The van der Waals surface area contributed by atoms with Crippen molar-refractivity contribution in [1.82, 2.24) is 9.97 Å². The van der Waals surface area contributed by atoms with Gasteiger partial charge >= 0.3 is 0 Å². The summed E-state index contributed by atoms with van der Waals surface area (Å²) in [6, 6.07) is 70.1. The molecule has 268 valence electrons. The van der Waals surface area contributed by atoms with E-state index in [0.29, 0.717) is 5.82 Å². The van der Waals surface area contributed by atoms with Crippen LogP contribution in [0.4, 0.5) is 0 Å². The lowest BCUT2D eigenvalue weighted by molar-refractivity contribution is 0.666. The fourth-order valence-corrected chi connectivity index (χ4v) is 9.29. The second kappa shape index (κ2) is 13.0. The van der Waals surface area contributed by atoms with Gasteiger partial charge in [-0.2, -0.15) is 0 Å². The molecule has 1 aromatic heterocycles. The van der Waals surface area contributed by atoms with E-state index in [1.165, 1.54) is 71.4 Å². The SMILES string of the molecule is CC1(C)c2cccc(-c3ccc(-c4cc(-c5ccc6ccccc6c5)nc(-c5ccc(-c6ccccc6)cc5)n4)c4ccccc34)c2-c2ccc3ccccc3c21. The van der Waals surface area contributed by atoms with Crippen LogP contribution in [0.15, 0.2) is 194 Å². The molecule has 0 saturated heterocycles. The van der Waals surface area contributed by atoms with Crippen LogP contribution in [0.3, 0.4) is 0 Å². The maximum absolute atomic E-state index is 5.34. The molecule has 0 radical (unpaired) electrons. The minimum absolute atomic E-state index is 0.132. The number of nitrogens with zero attached hydrogens (tertiary/aromatic N) is 2. The Morgan fingerprint density at radius 1 is 0.351 bits per heavy atom. The molecule has 0 amide bonds. The van der Waals surface area contributed by atoms with Crippen LogP contribution >= 0.6 is 0 Å². The minimum Gasteiger partial charge on any atom is -0.228 e. The van der Waals surface area contributed by atoms with E-state index in [-0.39, 0.29) is 5.41 Å². The zero-order chi connectivity index (χ0) is 38.1. The lowest BCUT2D eigenvalue weighted by Crippen LogP contribution is -2.15. The summed E-state index contributed by atoms with van der Waals surface area (Å²) in [7, 11) is 0. The van der Waals surface area contributed by atoms with Crippen molar-refractivity contribution in [2.24, 2.45) is 0 Å². The van der Waals surface area contributed by atoms with Crippen molar-refractivity contribution < 1.29 is 0 Å². The Morgan fingerprint density at radius 3 is 1.74 bits per heavy atom. The molecule has 10 aromatic rings. The molecular formula is C55H38N2. The van der Waals surface area contributed by atoms with Crippen LogP contribution in [0.2, 0.25) is 0 Å². The predicted molar refractivity (Wildman–Crippen MR) is 239 cm³/mol. The van der Waals surface area contributed by atoms with E-state index in [2.05, 4.69) is 208 Å². The summed E-state index contributed by atoms with van der Waals surface area (Å²) in [6.45, 7) is 4.76. The number of fused-ring (bicyclic) bond motifs is 7. The van der Waals surface area contributed by atoms with Crippen LogP contribution in [0, 0.1) is 0 Å². The molecule has 0 fully saturated rings. The number of hydrogen-bond acceptors (Lipinski definition) is 2. The summed E-state index contributed by atoms with van der Waals surface area (Å²) >= 11 is 0. The molecule has 2 nitrogen and oxygen atoms in total. The van der Waals surface area contributed by atoms with Gasteiger partial charge in [-0.05, 0) is 89.0 Å². The smallest absolute Gasteiger partial charge is 0.160 e. The van der Waals surface area contributed by atoms with Gasteiger partial charge in [0.05, 0.1) is 11.4 Å². The van der Waals surface area contributed by atoms with Gasteiger partial charge in [0, 0.05) is 22.1 Å². The lowest BCUT2D eigenvalue weighted by Gasteiger charge is -2.23. The first kappa shape index (κ1) is 33.2. The van der Waals surface area contributed by atoms with Crippen molar-refractivity contribution >= 4 is 32.3 Å². The number of aromatic nitrogens is 2. The van der Waals surface area contributed by atoms with Gasteiger partial charge in [0.2, 0.25) is 0 Å². The molecule has 57 heavy (non-hydrogen) atoms. The van der Waals surface area contributed by atoms with Gasteiger partial charge in [-0.15, -0.1) is 0 Å². The second-order valence-corrected chi connectivity index (χ2v) is 15.7. The minimum atomic E-state index is -0.132. The molecule has 0 N–H and O–H groups in total. The van der Waals surface area contributed by atoms with Gasteiger partial charge in [-0.1, -0.05) is 196 Å². The van der Waals surface area contributed by atoms with E-state index in [0.717, 1.165) is 33.5 Å². The van der Waals surface area contributed by atoms with E-state index in [4.69, 9.17) is 9.97 Å². The van der Waals surface area contributed by atoms with E-state index in [1.807, 2.05) is 0 Å². The summed E-state index contributed by atoms with van der Waals surface area (Å²) < 4.78 is 0. The van der Waals surface area contributed by atoms with E-state index in [1.54, 1.807) is 0 Å². The quantitative estimate of drug-likeness (QED) is 0.176. The number of hydrogen-bond donors (Lipinski definition) is 0. The topological polar surface area (TPSA) is 25.8 Å². The lowest BCUT2D eigenvalue weighted by atomic mass is 9.80. The maximum atomic E-state index is 5.34. The van der Waals surface area contributed by atoms with Gasteiger partial charge < -0.3 is 0 Å². The van der Waals surface area contributed by atoms with Crippen LogP contribution in [0.5, 0.6) is 0 Å². The molecule has 0 spiro atoms. The van der Waals surface area contributed by atoms with Crippen LogP contribution < -0.4 is 0 Å².